The van der Waals surface area contributed by atoms with Gasteiger partial charge in [-0.1, -0.05) is 97.3 Å². The predicted molar refractivity (Wildman–Crippen MR) is 109 cm³/mol. The zero-order chi connectivity index (χ0) is 19.7. The van der Waals surface area contributed by atoms with Crippen molar-refractivity contribution in [2.45, 2.75) is 134 Å². The van der Waals surface area contributed by atoms with Crippen molar-refractivity contribution in [2.75, 3.05) is 0 Å². The van der Waals surface area contributed by atoms with Gasteiger partial charge < -0.3 is 9.66 Å². The van der Waals surface area contributed by atoms with Gasteiger partial charge in [-0.05, 0) is 25.7 Å². The quantitative estimate of drug-likeness (QED) is 0.194. The van der Waals surface area contributed by atoms with Gasteiger partial charge >= 0.3 is 51.4 Å². The van der Waals surface area contributed by atoms with E-state index in [2.05, 4.69) is 13.8 Å². The van der Waals surface area contributed by atoms with Crippen molar-refractivity contribution in [1.82, 2.24) is 0 Å². The van der Waals surface area contributed by atoms with Crippen LogP contribution in [0.4, 0.5) is 0 Å². The van der Waals surface area contributed by atoms with Crippen LogP contribution < -0.4 is 51.4 Å². The van der Waals surface area contributed by atoms with E-state index in [1.54, 1.807) is 0 Å². The maximum atomic E-state index is 11.5. The molecule has 0 radical (unpaired) electrons. The van der Waals surface area contributed by atoms with Crippen molar-refractivity contribution < 1.29 is 69.5 Å². The molecule has 4 nitrogen and oxygen atoms in total. The summed E-state index contributed by atoms with van der Waals surface area (Å²) in [5.41, 5.74) is 0. The van der Waals surface area contributed by atoms with Crippen LogP contribution >= 0.6 is 0 Å². The van der Waals surface area contributed by atoms with Crippen LogP contribution in [0.15, 0.2) is 0 Å². The van der Waals surface area contributed by atoms with E-state index in [1.165, 1.54) is 32.1 Å². The molecule has 0 aliphatic heterocycles. The van der Waals surface area contributed by atoms with Crippen molar-refractivity contribution in [3.8, 4) is 0 Å². The molecule has 0 aliphatic rings. The summed E-state index contributed by atoms with van der Waals surface area (Å²) in [5, 5.41) is 9.09. The van der Waals surface area contributed by atoms with Crippen LogP contribution in [0.2, 0.25) is 0 Å². The third kappa shape index (κ3) is 20.6. The first kappa shape index (κ1) is 30.7. The fourth-order valence-corrected chi connectivity index (χ4v) is 4.36. The first-order valence-corrected chi connectivity index (χ1v) is 12.5. The number of aliphatic hydroxyl groups is 1. The molecule has 2 unspecified atom stereocenters. The van der Waals surface area contributed by atoms with Gasteiger partial charge in [-0.15, -0.1) is 0 Å². The van der Waals surface area contributed by atoms with E-state index in [1.807, 2.05) is 0 Å². The maximum absolute atomic E-state index is 11.5. The Morgan fingerprint density at radius 2 is 1.04 bits per heavy atom. The molecule has 0 heterocycles. The molecule has 0 saturated heterocycles. The van der Waals surface area contributed by atoms with E-state index in [9.17, 15) is 18.1 Å². The van der Waals surface area contributed by atoms with Crippen LogP contribution in [0.1, 0.15) is 123 Å². The molecule has 0 aromatic heterocycles. The molecule has 0 aromatic carbocycles. The SMILES string of the molecule is CCCCCCCCCCC(CCCCCC(O)CCCC)S(=O)(=O)[O-].[K+]. The van der Waals surface area contributed by atoms with Gasteiger partial charge in [0, 0.05) is 5.25 Å². The van der Waals surface area contributed by atoms with Crippen molar-refractivity contribution in [2.24, 2.45) is 0 Å². The average Bonchev–Trinajstić information content (AvgIpc) is 2.59. The summed E-state index contributed by atoms with van der Waals surface area (Å²) >= 11 is 0. The Balaban J connectivity index is 0. The van der Waals surface area contributed by atoms with Gasteiger partial charge in [-0.2, -0.15) is 0 Å². The Hall–Kier alpha value is 1.51. The van der Waals surface area contributed by atoms with Crippen LogP contribution in [-0.4, -0.2) is 29.4 Å². The normalized spacial score (nSPS) is 13.9. The second-order valence-electron chi connectivity index (χ2n) is 7.81. The monoisotopic (exact) mass is 430 g/mol. The number of hydrogen-bond donors (Lipinski definition) is 1. The second-order valence-corrected chi connectivity index (χ2v) is 9.46. The molecule has 0 spiro atoms. The van der Waals surface area contributed by atoms with Gasteiger partial charge in [0.2, 0.25) is 0 Å². The first-order chi connectivity index (χ1) is 12.4. The molecular weight excluding hydrogens is 387 g/mol. The maximum Gasteiger partial charge on any atom is 1.00 e. The van der Waals surface area contributed by atoms with Crippen molar-refractivity contribution >= 4 is 10.1 Å². The number of rotatable bonds is 19. The fourth-order valence-electron chi connectivity index (χ4n) is 3.45. The van der Waals surface area contributed by atoms with Gasteiger partial charge in [-0.25, -0.2) is 8.42 Å². The molecule has 0 fully saturated rings. The topological polar surface area (TPSA) is 77.4 Å². The molecule has 1 N–H and O–H groups in total. The Morgan fingerprint density at radius 1 is 0.667 bits per heavy atom. The molecule has 6 heteroatoms. The van der Waals surface area contributed by atoms with Gasteiger partial charge in [0.25, 0.3) is 0 Å². The zero-order valence-corrected chi connectivity index (χ0v) is 22.2. The van der Waals surface area contributed by atoms with E-state index < -0.39 is 15.4 Å². The minimum absolute atomic E-state index is 0. The summed E-state index contributed by atoms with van der Waals surface area (Å²) in [6.07, 6.45) is 16.5. The molecule has 0 aromatic rings. The predicted octanol–water partition coefficient (Wildman–Crippen LogP) is 2.94. The Bertz CT molecular complexity index is 401. The van der Waals surface area contributed by atoms with Gasteiger partial charge in [-0.3, -0.25) is 0 Å². The van der Waals surface area contributed by atoms with Crippen molar-refractivity contribution in [3.05, 3.63) is 0 Å². The van der Waals surface area contributed by atoms with E-state index in [0.29, 0.717) is 12.8 Å². The van der Waals surface area contributed by atoms with E-state index in [0.717, 1.165) is 64.2 Å². The summed E-state index contributed by atoms with van der Waals surface area (Å²) in [5.74, 6) is 0. The van der Waals surface area contributed by atoms with Crippen LogP contribution in [0, 0.1) is 0 Å². The fraction of sp³-hybridized carbons (Fsp3) is 1.00. The summed E-state index contributed by atoms with van der Waals surface area (Å²) in [6, 6.07) is 0. The van der Waals surface area contributed by atoms with E-state index in [4.69, 9.17) is 0 Å². The zero-order valence-electron chi connectivity index (χ0n) is 18.3. The largest absolute Gasteiger partial charge is 1.00 e. The summed E-state index contributed by atoms with van der Waals surface area (Å²) in [4.78, 5) is 0. The molecule has 0 aliphatic carbocycles. The van der Waals surface area contributed by atoms with E-state index >= 15 is 0 Å². The number of aliphatic hydroxyl groups excluding tert-OH is 1. The van der Waals surface area contributed by atoms with Crippen molar-refractivity contribution in [3.63, 3.8) is 0 Å². The van der Waals surface area contributed by atoms with Gasteiger partial charge in [0.15, 0.2) is 0 Å². The van der Waals surface area contributed by atoms with Gasteiger partial charge in [0.1, 0.15) is 0 Å². The number of unbranched alkanes of at least 4 members (excludes halogenated alkanes) is 10. The number of hydrogen-bond acceptors (Lipinski definition) is 4. The second kappa shape index (κ2) is 20.8. The molecule has 0 amide bonds. The smallest absolute Gasteiger partial charge is 0.748 e. The molecule has 2 atom stereocenters. The van der Waals surface area contributed by atoms with E-state index in [-0.39, 0.29) is 57.5 Å². The summed E-state index contributed by atoms with van der Waals surface area (Å²) < 4.78 is 34.4. The summed E-state index contributed by atoms with van der Waals surface area (Å²) in [6.45, 7) is 4.32. The Labute approximate surface area is 211 Å². The third-order valence-corrected chi connectivity index (χ3v) is 6.53. The van der Waals surface area contributed by atoms with Gasteiger partial charge in [0.05, 0.1) is 16.2 Å². The van der Waals surface area contributed by atoms with Crippen molar-refractivity contribution in [1.29, 1.82) is 0 Å². The summed E-state index contributed by atoms with van der Waals surface area (Å²) in [7, 11) is -4.18. The minimum atomic E-state index is -4.18. The molecular formula is C21H43KO4S. The standard InChI is InChI=1S/C21H44O4S.K/c1-3-5-7-8-9-10-11-14-18-21(26(23,24)25)19-15-12-13-17-20(22)16-6-4-2;/h20-22H,3-19H2,1-2H3,(H,23,24,25);/q;+1/p-1. The Kier molecular flexibility index (Phi) is 23.6. The average molecular weight is 431 g/mol. The molecule has 27 heavy (non-hydrogen) atoms. The van der Waals surface area contributed by atoms with Crippen LogP contribution in [0.5, 0.6) is 0 Å². The first-order valence-electron chi connectivity index (χ1n) is 11.0. The van der Waals surface area contributed by atoms with Crippen LogP contribution in [0.25, 0.3) is 0 Å². The Morgan fingerprint density at radius 3 is 1.52 bits per heavy atom. The molecule has 0 bridgehead atoms. The molecule has 0 saturated carbocycles. The minimum Gasteiger partial charge on any atom is -0.748 e. The van der Waals surface area contributed by atoms with Crippen LogP contribution in [-0.2, 0) is 10.1 Å². The molecule has 158 valence electrons. The van der Waals surface area contributed by atoms with Crippen LogP contribution in [0.3, 0.4) is 0 Å². The molecule has 0 rings (SSSR count). The third-order valence-electron chi connectivity index (χ3n) is 5.24.